The molecule has 1 aromatic rings. The van der Waals surface area contributed by atoms with Crippen LogP contribution in [0.2, 0.25) is 0 Å². The SMILES string of the molecule is O=C(O)Cc1ncncc1Br. The molecule has 0 unspecified atom stereocenters. The van der Waals surface area contributed by atoms with Crippen molar-refractivity contribution in [2.45, 2.75) is 6.42 Å². The first kappa shape index (κ1) is 8.13. The summed E-state index contributed by atoms with van der Waals surface area (Å²) in [5.74, 6) is -0.899. The molecule has 0 saturated heterocycles. The highest BCUT2D eigenvalue weighted by Gasteiger charge is 2.04. The maximum absolute atomic E-state index is 10.2. The van der Waals surface area contributed by atoms with Gasteiger partial charge in [0.2, 0.25) is 0 Å². The lowest BCUT2D eigenvalue weighted by Gasteiger charge is -1.96. The minimum atomic E-state index is -0.899. The third-order valence-electron chi connectivity index (χ3n) is 1.06. The smallest absolute Gasteiger partial charge is 0.309 e. The van der Waals surface area contributed by atoms with Crippen molar-refractivity contribution in [3.8, 4) is 0 Å². The zero-order valence-electron chi connectivity index (χ0n) is 5.49. The van der Waals surface area contributed by atoms with Crippen molar-refractivity contribution in [3.05, 3.63) is 22.7 Å². The Morgan fingerprint density at radius 3 is 3.00 bits per heavy atom. The summed E-state index contributed by atoms with van der Waals surface area (Å²) in [6.07, 6.45) is 2.76. The van der Waals surface area contributed by atoms with Crippen LogP contribution in [0, 0.1) is 0 Å². The van der Waals surface area contributed by atoms with Gasteiger partial charge in [0.15, 0.2) is 0 Å². The van der Waals surface area contributed by atoms with E-state index in [4.69, 9.17) is 5.11 Å². The maximum atomic E-state index is 10.2. The van der Waals surface area contributed by atoms with Gasteiger partial charge < -0.3 is 5.11 Å². The number of rotatable bonds is 2. The van der Waals surface area contributed by atoms with Crippen molar-refractivity contribution >= 4 is 21.9 Å². The van der Waals surface area contributed by atoms with Gasteiger partial charge in [0.05, 0.1) is 16.6 Å². The van der Waals surface area contributed by atoms with Gasteiger partial charge >= 0.3 is 5.97 Å². The standard InChI is InChI=1S/C6H5BrN2O2/c7-4-2-8-3-9-5(4)1-6(10)11/h2-3H,1H2,(H,10,11). The van der Waals surface area contributed by atoms with Crippen LogP contribution >= 0.6 is 15.9 Å². The van der Waals surface area contributed by atoms with Crippen LogP contribution in [0.1, 0.15) is 5.69 Å². The minimum absolute atomic E-state index is 0.0803. The molecule has 0 spiro atoms. The van der Waals surface area contributed by atoms with Crippen molar-refractivity contribution in [2.24, 2.45) is 0 Å². The average molecular weight is 217 g/mol. The Morgan fingerprint density at radius 2 is 2.45 bits per heavy atom. The second-order valence-corrected chi connectivity index (χ2v) is 2.74. The molecule has 1 heterocycles. The zero-order valence-corrected chi connectivity index (χ0v) is 7.08. The van der Waals surface area contributed by atoms with Crippen molar-refractivity contribution < 1.29 is 9.90 Å². The van der Waals surface area contributed by atoms with Gasteiger partial charge in [0, 0.05) is 6.20 Å². The van der Waals surface area contributed by atoms with Crippen LogP contribution in [0.4, 0.5) is 0 Å². The van der Waals surface area contributed by atoms with Crippen LogP contribution in [0.5, 0.6) is 0 Å². The molecule has 0 saturated carbocycles. The summed E-state index contributed by atoms with van der Waals surface area (Å²) in [6, 6.07) is 0. The molecule has 0 atom stereocenters. The monoisotopic (exact) mass is 216 g/mol. The third-order valence-corrected chi connectivity index (χ3v) is 1.72. The second-order valence-electron chi connectivity index (χ2n) is 1.89. The van der Waals surface area contributed by atoms with Crippen LogP contribution < -0.4 is 0 Å². The Balaban J connectivity index is 2.86. The van der Waals surface area contributed by atoms with E-state index in [0.29, 0.717) is 10.2 Å². The highest BCUT2D eigenvalue weighted by Crippen LogP contribution is 2.11. The number of aliphatic carboxylic acids is 1. The molecule has 1 aromatic heterocycles. The van der Waals surface area contributed by atoms with Crippen LogP contribution in [0.3, 0.4) is 0 Å². The average Bonchev–Trinajstić information content (AvgIpc) is 1.93. The lowest BCUT2D eigenvalue weighted by atomic mass is 10.3. The summed E-state index contributed by atoms with van der Waals surface area (Å²) >= 11 is 3.14. The molecule has 0 bridgehead atoms. The summed E-state index contributed by atoms with van der Waals surface area (Å²) < 4.78 is 0.627. The highest BCUT2D eigenvalue weighted by atomic mass is 79.9. The number of hydrogen-bond acceptors (Lipinski definition) is 3. The van der Waals surface area contributed by atoms with E-state index in [9.17, 15) is 4.79 Å². The van der Waals surface area contributed by atoms with Gasteiger partial charge in [-0.05, 0) is 15.9 Å². The van der Waals surface area contributed by atoms with Gasteiger partial charge in [-0.1, -0.05) is 0 Å². The summed E-state index contributed by atoms with van der Waals surface area (Å²) in [7, 11) is 0. The van der Waals surface area contributed by atoms with E-state index in [1.165, 1.54) is 12.5 Å². The van der Waals surface area contributed by atoms with E-state index in [0.717, 1.165) is 0 Å². The Kier molecular flexibility index (Phi) is 2.53. The normalized spacial score (nSPS) is 9.55. The molecular formula is C6H5BrN2O2. The summed E-state index contributed by atoms with van der Waals surface area (Å²) in [5, 5.41) is 8.41. The van der Waals surface area contributed by atoms with Gasteiger partial charge in [0.1, 0.15) is 6.33 Å². The largest absolute Gasteiger partial charge is 0.481 e. The molecule has 0 aliphatic heterocycles. The Morgan fingerprint density at radius 1 is 1.73 bits per heavy atom. The fraction of sp³-hybridized carbons (Fsp3) is 0.167. The summed E-state index contributed by atoms with van der Waals surface area (Å²) in [6.45, 7) is 0. The van der Waals surface area contributed by atoms with Gasteiger partial charge in [0.25, 0.3) is 0 Å². The zero-order chi connectivity index (χ0) is 8.27. The van der Waals surface area contributed by atoms with E-state index in [-0.39, 0.29) is 6.42 Å². The van der Waals surface area contributed by atoms with Crippen LogP contribution in [0.25, 0.3) is 0 Å². The topological polar surface area (TPSA) is 63.1 Å². The van der Waals surface area contributed by atoms with E-state index >= 15 is 0 Å². The van der Waals surface area contributed by atoms with Crippen molar-refractivity contribution in [1.82, 2.24) is 9.97 Å². The first-order valence-electron chi connectivity index (χ1n) is 2.86. The number of aromatic nitrogens is 2. The molecule has 4 nitrogen and oxygen atoms in total. The maximum Gasteiger partial charge on any atom is 0.309 e. The van der Waals surface area contributed by atoms with Gasteiger partial charge in [-0.15, -0.1) is 0 Å². The molecular weight excluding hydrogens is 212 g/mol. The number of carbonyl (C=O) groups is 1. The highest BCUT2D eigenvalue weighted by molar-refractivity contribution is 9.10. The molecule has 58 valence electrons. The summed E-state index contributed by atoms with van der Waals surface area (Å²) in [5.41, 5.74) is 0.493. The predicted molar refractivity (Wildman–Crippen MR) is 41.1 cm³/mol. The van der Waals surface area contributed by atoms with E-state index in [1.54, 1.807) is 0 Å². The second kappa shape index (κ2) is 3.43. The van der Waals surface area contributed by atoms with Gasteiger partial charge in [-0.25, -0.2) is 9.97 Å². The number of carboxylic acids is 1. The molecule has 0 aliphatic rings. The number of halogens is 1. The van der Waals surface area contributed by atoms with E-state index in [1.807, 2.05) is 0 Å². The molecule has 11 heavy (non-hydrogen) atoms. The van der Waals surface area contributed by atoms with Gasteiger partial charge in [-0.2, -0.15) is 0 Å². The Labute approximate surface area is 71.4 Å². The molecule has 0 aliphatic carbocycles. The molecule has 0 aromatic carbocycles. The van der Waals surface area contributed by atoms with Crippen molar-refractivity contribution in [1.29, 1.82) is 0 Å². The minimum Gasteiger partial charge on any atom is -0.481 e. The molecule has 0 fully saturated rings. The lowest BCUT2D eigenvalue weighted by Crippen LogP contribution is -2.03. The molecule has 5 heteroatoms. The van der Waals surface area contributed by atoms with Gasteiger partial charge in [-0.3, -0.25) is 4.79 Å². The van der Waals surface area contributed by atoms with Crippen LogP contribution in [0.15, 0.2) is 17.0 Å². The Hall–Kier alpha value is -0.970. The molecule has 0 radical (unpaired) electrons. The van der Waals surface area contributed by atoms with Crippen LogP contribution in [-0.2, 0) is 11.2 Å². The predicted octanol–water partition coefficient (Wildman–Crippen LogP) is 0.866. The number of carboxylic acid groups (broad SMARTS) is 1. The van der Waals surface area contributed by atoms with Crippen LogP contribution in [-0.4, -0.2) is 21.0 Å². The molecule has 1 N–H and O–H groups in total. The lowest BCUT2D eigenvalue weighted by molar-refractivity contribution is -0.136. The van der Waals surface area contributed by atoms with E-state index < -0.39 is 5.97 Å². The first-order chi connectivity index (χ1) is 5.20. The first-order valence-corrected chi connectivity index (χ1v) is 3.65. The fourth-order valence-corrected chi connectivity index (χ4v) is 0.972. The Bertz CT molecular complexity index is 277. The summed E-state index contributed by atoms with van der Waals surface area (Å²) in [4.78, 5) is 17.7. The molecule has 0 amide bonds. The van der Waals surface area contributed by atoms with Crippen molar-refractivity contribution in [3.63, 3.8) is 0 Å². The van der Waals surface area contributed by atoms with Crippen molar-refractivity contribution in [2.75, 3.05) is 0 Å². The number of nitrogens with zero attached hydrogens (tertiary/aromatic N) is 2. The fourth-order valence-electron chi connectivity index (χ4n) is 0.611. The number of hydrogen-bond donors (Lipinski definition) is 1. The third kappa shape index (κ3) is 2.27. The quantitative estimate of drug-likeness (QED) is 0.798. The molecule has 1 rings (SSSR count). The van der Waals surface area contributed by atoms with E-state index in [2.05, 4.69) is 25.9 Å².